The Morgan fingerprint density at radius 2 is 1.91 bits per heavy atom. The summed E-state index contributed by atoms with van der Waals surface area (Å²) in [4.78, 5) is 8.98. The van der Waals surface area contributed by atoms with Gasteiger partial charge in [-0.05, 0) is 49.9 Å². The summed E-state index contributed by atoms with van der Waals surface area (Å²) in [5, 5.41) is 25.8. The zero-order valence-electron chi connectivity index (χ0n) is 18.3. The Balaban J connectivity index is 1.31. The summed E-state index contributed by atoms with van der Waals surface area (Å²) in [5.74, 6) is 1.19. The summed E-state index contributed by atoms with van der Waals surface area (Å²) in [6, 6.07) is 7.85. The zero-order valence-corrected chi connectivity index (χ0v) is 18.3. The largest absolute Gasteiger partial charge is 0.491 e. The molecule has 0 aliphatic heterocycles. The molecule has 0 radical (unpaired) electrons. The molecule has 4 aromatic rings. The Kier molecular flexibility index (Phi) is 6.13. The molecule has 11 nitrogen and oxygen atoms in total. The molecule has 33 heavy (non-hydrogen) atoms. The lowest BCUT2D eigenvalue weighted by molar-refractivity contribution is 0.108. The summed E-state index contributed by atoms with van der Waals surface area (Å²) in [6.07, 6.45) is 8.63. The fourth-order valence-corrected chi connectivity index (χ4v) is 3.94. The fourth-order valence-electron chi connectivity index (χ4n) is 3.94. The van der Waals surface area contributed by atoms with Crippen molar-refractivity contribution in [1.29, 1.82) is 0 Å². The Bertz CT molecular complexity index is 1200. The number of hydrogen-bond donors (Lipinski definition) is 2. The number of ether oxygens (including phenoxy) is 2. The van der Waals surface area contributed by atoms with Crippen molar-refractivity contribution in [2.24, 2.45) is 0 Å². The summed E-state index contributed by atoms with van der Waals surface area (Å²) in [5.41, 5.74) is 2.80. The second kappa shape index (κ2) is 9.51. The number of rotatable bonds is 8. The molecular weight excluding hydrogens is 424 g/mol. The van der Waals surface area contributed by atoms with Gasteiger partial charge in [-0.1, -0.05) is 5.21 Å². The van der Waals surface area contributed by atoms with Crippen LogP contribution in [-0.2, 0) is 4.74 Å². The van der Waals surface area contributed by atoms with Gasteiger partial charge in [0.1, 0.15) is 12.4 Å². The molecule has 172 valence electrons. The van der Waals surface area contributed by atoms with Crippen LogP contribution in [0.2, 0.25) is 0 Å². The van der Waals surface area contributed by atoms with Gasteiger partial charge in [-0.15, -0.1) is 5.10 Å². The highest BCUT2D eigenvalue weighted by Gasteiger charge is 2.21. The van der Waals surface area contributed by atoms with E-state index >= 15 is 0 Å². The second-order valence-corrected chi connectivity index (χ2v) is 8.04. The predicted octanol–water partition coefficient (Wildman–Crippen LogP) is 2.65. The third kappa shape index (κ3) is 4.78. The first-order valence-corrected chi connectivity index (χ1v) is 11.0. The number of anilines is 2. The van der Waals surface area contributed by atoms with Crippen molar-refractivity contribution in [2.75, 3.05) is 25.6 Å². The van der Waals surface area contributed by atoms with E-state index in [0.717, 1.165) is 42.8 Å². The normalized spacial score (nSPS) is 18.5. The third-order valence-electron chi connectivity index (χ3n) is 5.73. The topological polar surface area (TPSA) is 125 Å². The molecule has 0 unspecified atom stereocenters. The van der Waals surface area contributed by atoms with E-state index in [4.69, 9.17) is 9.47 Å². The van der Waals surface area contributed by atoms with Gasteiger partial charge in [0.2, 0.25) is 5.95 Å². The molecule has 1 saturated carbocycles. The monoisotopic (exact) mass is 450 g/mol. The van der Waals surface area contributed by atoms with E-state index in [1.807, 2.05) is 35.1 Å². The Morgan fingerprint density at radius 1 is 1.09 bits per heavy atom. The van der Waals surface area contributed by atoms with Gasteiger partial charge in [-0.2, -0.15) is 14.8 Å². The molecular formula is C22H26N8O3. The van der Waals surface area contributed by atoms with E-state index in [0.29, 0.717) is 36.4 Å². The van der Waals surface area contributed by atoms with E-state index < -0.39 is 0 Å². The average Bonchev–Trinajstić information content (AvgIpc) is 3.47. The number of benzene rings is 1. The Labute approximate surface area is 190 Å². The maximum atomic E-state index is 9.72. The number of aliphatic hydroxyl groups excluding tert-OH is 1. The first-order chi connectivity index (χ1) is 16.2. The third-order valence-corrected chi connectivity index (χ3v) is 5.73. The maximum Gasteiger partial charge on any atom is 0.229 e. The van der Waals surface area contributed by atoms with Crippen LogP contribution in [0.1, 0.15) is 31.7 Å². The van der Waals surface area contributed by atoms with Gasteiger partial charge >= 0.3 is 0 Å². The number of fused-ring (bicyclic) bond motifs is 1. The molecule has 1 aliphatic carbocycles. The molecule has 0 bridgehead atoms. The number of methoxy groups -OCH3 is 1. The number of aromatic nitrogens is 7. The van der Waals surface area contributed by atoms with Crippen molar-refractivity contribution < 1.29 is 14.6 Å². The maximum absolute atomic E-state index is 9.72. The lowest BCUT2D eigenvalue weighted by Crippen LogP contribution is -2.21. The number of hydrogen-bond acceptors (Lipinski definition) is 9. The van der Waals surface area contributed by atoms with Crippen LogP contribution in [-0.4, -0.2) is 66.3 Å². The first kappa shape index (κ1) is 21.3. The summed E-state index contributed by atoms with van der Waals surface area (Å²) in [7, 11) is 1.64. The van der Waals surface area contributed by atoms with Crippen LogP contribution < -0.4 is 10.1 Å². The number of aliphatic hydroxyl groups is 1. The molecule has 0 amide bonds. The van der Waals surface area contributed by atoms with Crippen LogP contribution in [0.3, 0.4) is 0 Å². The van der Waals surface area contributed by atoms with Crippen molar-refractivity contribution in [1.82, 2.24) is 34.7 Å². The molecule has 11 heteroatoms. The van der Waals surface area contributed by atoms with Gasteiger partial charge in [0.25, 0.3) is 0 Å². The average molecular weight is 451 g/mol. The molecule has 0 atom stereocenters. The van der Waals surface area contributed by atoms with E-state index in [9.17, 15) is 5.11 Å². The van der Waals surface area contributed by atoms with Crippen LogP contribution >= 0.6 is 0 Å². The van der Waals surface area contributed by atoms with Gasteiger partial charge in [0, 0.05) is 13.3 Å². The molecule has 0 saturated heterocycles. The van der Waals surface area contributed by atoms with Gasteiger partial charge in [0.05, 0.1) is 42.5 Å². The molecule has 1 aliphatic rings. The van der Waals surface area contributed by atoms with Crippen LogP contribution in [0, 0.1) is 0 Å². The minimum Gasteiger partial charge on any atom is -0.491 e. The SMILES string of the molecule is COCCOc1ccc(-n2nnc3cnc(Nc4cnn([C@H]5CC[C@@H](O)CC5)c4)nc32)cc1. The van der Waals surface area contributed by atoms with E-state index in [-0.39, 0.29) is 6.10 Å². The molecule has 5 rings (SSSR count). The van der Waals surface area contributed by atoms with Crippen molar-refractivity contribution >= 4 is 22.8 Å². The van der Waals surface area contributed by atoms with Crippen molar-refractivity contribution in [3.8, 4) is 11.4 Å². The predicted molar refractivity (Wildman–Crippen MR) is 121 cm³/mol. The van der Waals surface area contributed by atoms with Gasteiger partial charge in [-0.25, -0.2) is 4.98 Å². The highest BCUT2D eigenvalue weighted by Crippen LogP contribution is 2.29. The molecule has 3 aromatic heterocycles. The minimum atomic E-state index is -0.188. The summed E-state index contributed by atoms with van der Waals surface area (Å²) < 4.78 is 14.2. The second-order valence-electron chi connectivity index (χ2n) is 8.04. The minimum absolute atomic E-state index is 0.188. The smallest absolute Gasteiger partial charge is 0.229 e. The lowest BCUT2D eigenvalue weighted by Gasteiger charge is -2.25. The molecule has 3 heterocycles. The Morgan fingerprint density at radius 3 is 2.70 bits per heavy atom. The first-order valence-electron chi connectivity index (χ1n) is 11.0. The Hall–Kier alpha value is -3.57. The van der Waals surface area contributed by atoms with Crippen LogP contribution in [0.4, 0.5) is 11.6 Å². The van der Waals surface area contributed by atoms with Crippen molar-refractivity contribution in [3.63, 3.8) is 0 Å². The fraction of sp³-hybridized carbons (Fsp3) is 0.409. The number of nitrogens with one attached hydrogen (secondary N) is 1. The van der Waals surface area contributed by atoms with E-state index in [2.05, 4.69) is 30.7 Å². The van der Waals surface area contributed by atoms with Crippen LogP contribution in [0.15, 0.2) is 42.9 Å². The summed E-state index contributed by atoms with van der Waals surface area (Å²) in [6.45, 7) is 1.02. The van der Waals surface area contributed by atoms with Crippen LogP contribution in [0.25, 0.3) is 16.9 Å². The molecule has 1 aromatic carbocycles. The number of nitrogens with zero attached hydrogens (tertiary/aromatic N) is 7. The van der Waals surface area contributed by atoms with Gasteiger partial charge < -0.3 is 19.9 Å². The quantitative estimate of drug-likeness (QED) is 0.390. The standard InChI is InChI=1S/C22H26N8O3/c1-32-10-11-33-19-8-4-17(5-9-19)30-21-20(27-28-30)13-23-22(26-21)25-15-12-24-29(14-15)16-2-6-18(31)7-3-16/h4-5,8-9,12-14,16,18,31H,2-3,6-7,10-11H2,1H3,(H,23,25,26)/t16-,18+. The summed E-state index contributed by atoms with van der Waals surface area (Å²) >= 11 is 0. The highest BCUT2D eigenvalue weighted by molar-refractivity contribution is 5.72. The molecule has 1 fully saturated rings. The van der Waals surface area contributed by atoms with Crippen molar-refractivity contribution in [2.45, 2.75) is 37.8 Å². The van der Waals surface area contributed by atoms with Gasteiger partial charge in [0.15, 0.2) is 11.2 Å². The molecule has 0 spiro atoms. The van der Waals surface area contributed by atoms with Gasteiger partial charge in [-0.3, -0.25) is 4.68 Å². The zero-order chi connectivity index (χ0) is 22.6. The van der Waals surface area contributed by atoms with Crippen LogP contribution in [0.5, 0.6) is 5.75 Å². The highest BCUT2D eigenvalue weighted by atomic mass is 16.5. The van der Waals surface area contributed by atoms with Crippen molar-refractivity contribution in [3.05, 3.63) is 42.9 Å². The lowest BCUT2D eigenvalue weighted by atomic mass is 9.93. The van der Waals surface area contributed by atoms with E-state index in [1.165, 1.54) is 0 Å². The van der Waals surface area contributed by atoms with E-state index in [1.54, 1.807) is 24.2 Å². The molecule has 2 N–H and O–H groups in total.